The van der Waals surface area contributed by atoms with Gasteiger partial charge in [0.25, 0.3) is 5.91 Å². The van der Waals surface area contributed by atoms with E-state index >= 15 is 0 Å². The number of benzene rings is 1. The molecule has 0 unspecified atom stereocenters. The predicted molar refractivity (Wildman–Crippen MR) is 103 cm³/mol. The zero-order chi connectivity index (χ0) is 18.1. The van der Waals surface area contributed by atoms with Gasteiger partial charge in [-0.25, -0.2) is 0 Å². The second-order valence-corrected chi connectivity index (χ2v) is 7.48. The number of hydrogen-bond acceptors (Lipinski definition) is 4. The number of thiocarbonyl (C=S) groups is 1. The zero-order valence-corrected chi connectivity index (χ0v) is 15.5. The monoisotopic (exact) mass is 392 g/mol. The van der Waals surface area contributed by atoms with Gasteiger partial charge in [0.15, 0.2) is 0 Å². The maximum atomic E-state index is 12.4. The van der Waals surface area contributed by atoms with Crippen LogP contribution in [0, 0.1) is 6.92 Å². The first-order chi connectivity index (χ1) is 11.9. The summed E-state index contributed by atoms with van der Waals surface area (Å²) in [5.74, 6) is -1.50. The van der Waals surface area contributed by atoms with Crippen LogP contribution < -0.4 is 0 Å². The Kier molecular flexibility index (Phi) is 4.99. The van der Waals surface area contributed by atoms with Gasteiger partial charge < -0.3 is 9.67 Å². The van der Waals surface area contributed by atoms with Gasteiger partial charge in [0.1, 0.15) is 10.9 Å². The fourth-order valence-corrected chi connectivity index (χ4v) is 3.80. The number of aromatic nitrogens is 1. The number of amides is 1. The normalized spacial score (nSPS) is 16.1. The summed E-state index contributed by atoms with van der Waals surface area (Å²) in [6.07, 6.45) is 3.57. The molecule has 5 nitrogen and oxygen atoms in total. The minimum absolute atomic E-state index is 0.245. The molecule has 0 spiro atoms. The van der Waals surface area contributed by atoms with Crippen molar-refractivity contribution in [1.29, 1.82) is 0 Å². The maximum Gasteiger partial charge on any atom is 0.323 e. The minimum atomic E-state index is -1.10. The molecule has 128 valence electrons. The number of aryl methyl sites for hydroxylation is 1. The van der Waals surface area contributed by atoms with Gasteiger partial charge in [-0.1, -0.05) is 41.6 Å². The highest BCUT2D eigenvalue weighted by Crippen LogP contribution is 2.33. The topological polar surface area (TPSA) is 62.5 Å². The Morgan fingerprint density at radius 2 is 2.16 bits per heavy atom. The summed E-state index contributed by atoms with van der Waals surface area (Å²) in [4.78, 5) is 24.7. The van der Waals surface area contributed by atoms with E-state index in [-0.39, 0.29) is 4.32 Å². The Balaban J connectivity index is 1.94. The van der Waals surface area contributed by atoms with E-state index in [1.54, 1.807) is 6.08 Å². The third-order valence-corrected chi connectivity index (χ3v) is 5.44. The maximum absolute atomic E-state index is 12.4. The number of hydrogen-bond donors (Lipinski definition) is 1. The van der Waals surface area contributed by atoms with Gasteiger partial charge in [-0.05, 0) is 42.8 Å². The van der Waals surface area contributed by atoms with Crippen LogP contribution in [0.15, 0.2) is 41.4 Å². The molecule has 0 bridgehead atoms. The molecule has 2 aromatic rings. The number of carboxylic acid groups (broad SMARTS) is 1. The first-order valence-corrected chi connectivity index (χ1v) is 8.88. The summed E-state index contributed by atoms with van der Waals surface area (Å²) in [6, 6.07) is 9.43. The molecule has 8 heteroatoms. The number of nitrogens with zero attached hydrogens (tertiary/aromatic N) is 2. The summed E-state index contributed by atoms with van der Waals surface area (Å²) in [7, 11) is 0. The second-order valence-electron chi connectivity index (χ2n) is 5.40. The van der Waals surface area contributed by atoms with E-state index in [1.165, 1.54) is 0 Å². The predicted octanol–water partition coefficient (Wildman–Crippen LogP) is 3.72. The Bertz CT molecular complexity index is 920. The average Bonchev–Trinajstić information content (AvgIpc) is 3.10. The minimum Gasteiger partial charge on any atom is -0.480 e. The summed E-state index contributed by atoms with van der Waals surface area (Å²) < 4.78 is 2.14. The Morgan fingerprint density at radius 1 is 1.40 bits per heavy atom. The van der Waals surface area contributed by atoms with E-state index in [0.29, 0.717) is 9.93 Å². The van der Waals surface area contributed by atoms with Gasteiger partial charge in [0, 0.05) is 22.6 Å². The summed E-state index contributed by atoms with van der Waals surface area (Å²) in [5.41, 5.74) is 2.62. The van der Waals surface area contributed by atoms with Gasteiger partial charge in [-0.3, -0.25) is 14.5 Å². The molecule has 1 aliphatic rings. The summed E-state index contributed by atoms with van der Waals surface area (Å²) in [5, 5.41) is 9.55. The lowest BCUT2D eigenvalue weighted by atomic mass is 10.2. The lowest BCUT2D eigenvalue weighted by Crippen LogP contribution is -2.33. The standard InChI is InChI=1S/C17H13ClN2O3S2/c1-10-4-5-12(7-13(10)18)19-6-2-3-11(19)8-14-16(23)20(9-15(21)22)17(24)25-14/h2-8H,9H2,1H3,(H,21,22)/b14-8+. The van der Waals surface area contributed by atoms with Gasteiger partial charge in [-0.2, -0.15) is 0 Å². The molecule has 0 atom stereocenters. The van der Waals surface area contributed by atoms with Gasteiger partial charge in [0.2, 0.25) is 0 Å². The third kappa shape index (κ3) is 3.63. The molecule has 0 saturated carbocycles. The first-order valence-electron chi connectivity index (χ1n) is 7.28. The molecule has 0 aliphatic carbocycles. The molecule has 1 amide bonds. The van der Waals surface area contributed by atoms with E-state index in [1.807, 2.05) is 48.0 Å². The molecule has 1 saturated heterocycles. The van der Waals surface area contributed by atoms with Crippen LogP contribution in [-0.2, 0) is 9.59 Å². The number of carbonyl (C=O) groups excluding carboxylic acids is 1. The second kappa shape index (κ2) is 7.03. The van der Waals surface area contributed by atoms with Crippen molar-refractivity contribution in [3.05, 3.63) is 57.7 Å². The van der Waals surface area contributed by atoms with Crippen molar-refractivity contribution in [3.8, 4) is 5.69 Å². The Labute approximate surface area is 158 Å². The van der Waals surface area contributed by atoms with E-state index < -0.39 is 18.4 Å². The number of halogens is 1. The van der Waals surface area contributed by atoms with E-state index in [2.05, 4.69) is 0 Å². The molecule has 1 fully saturated rings. The summed E-state index contributed by atoms with van der Waals surface area (Å²) >= 11 is 12.4. The lowest BCUT2D eigenvalue weighted by Gasteiger charge is -2.10. The lowest BCUT2D eigenvalue weighted by molar-refractivity contribution is -0.140. The van der Waals surface area contributed by atoms with Crippen LogP contribution >= 0.6 is 35.6 Å². The molecule has 1 aromatic carbocycles. The van der Waals surface area contributed by atoms with Crippen molar-refractivity contribution in [1.82, 2.24) is 9.47 Å². The highest BCUT2D eigenvalue weighted by molar-refractivity contribution is 8.26. The number of aliphatic carboxylic acids is 1. The van der Waals surface area contributed by atoms with Crippen molar-refractivity contribution < 1.29 is 14.7 Å². The molecule has 25 heavy (non-hydrogen) atoms. The molecule has 1 N–H and O–H groups in total. The summed E-state index contributed by atoms with van der Waals surface area (Å²) in [6.45, 7) is 1.49. The van der Waals surface area contributed by atoms with Crippen LogP contribution in [0.3, 0.4) is 0 Å². The van der Waals surface area contributed by atoms with Crippen LogP contribution in [0.4, 0.5) is 0 Å². The molecule has 1 aromatic heterocycles. The van der Waals surface area contributed by atoms with Crippen molar-refractivity contribution in [2.75, 3.05) is 6.54 Å². The molecule has 2 heterocycles. The average molecular weight is 393 g/mol. The van der Waals surface area contributed by atoms with Crippen molar-refractivity contribution in [2.45, 2.75) is 6.92 Å². The first kappa shape index (κ1) is 17.7. The Hall–Kier alpha value is -2.09. The number of thioether (sulfide) groups is 1. The largest absolute Gasteiger partial charge is 0.480 e. The SMILES string of the molecule is Cc1ccc(-n2cccc2/C=C2/SC(=S)N(CC(=O)O)C2=O)cc1Cl. The quantitative estimate of drug-likeness (QED) is 0.634. The number of carbonyl (C=O) groups is 2. The fourth-order valence-electron chi connectivity index (χ4n) is 2.38. The smallest absolute Gasteiger partial charge is 0.323 e. The zero-order valence-electron chi connectivity index (χ0n) is 13.1. The van der Waals surface area contributed by atoms with Crippen LogP contribution in [0.1, 0.15) is 11.3 Å². The van der Waals surface area contributed by atoms with Crippen LogP contribution in [-0.4, -0.2) is 37.3 Å². The van der Waals surface area contributed by atoms with E-state index in [4.69, 9.17) is 28.9 Å². The van der Waals surface area contributed by atoms with E-state index in [0.717, 1.165) is 33.6 Å². The molecule has 3 rings (SSSR count). The third-order valence-electron chi connectivity index (χ3n) is 3.66. The highest BCUT2D eigenvalue weighted by Gasteiger charge is 2.33. The Morgan fingerprint density at radius 3 is 2.84 bits per heavy atom. The highest BCUT2D eigenvalue weighted by atomic mass is 35.5. The fraction of sp³-hybridized carbons (Fsp3) is 0.118. The molecule has 0 radical (unpaired) electrons. The van der Waals surface area contributed by atoms with E-state index in [9.17, 15) is 9.59 Å². The van der Waals surface area contributed by atoms with Gasteiger partial charge in [-0.15, -0.1) is 0 Å². The van der Waals surface area contributed by atoms with Crippen molar-refractivity contribution >= 4 is 57.9 Å². The van der Waals surface area contributed by atoms with Crippen LogP contribution in [0.5, 0.6) is 0 Å². The van der Waals surface area contributed by atoms with Gasteiger partial charge >= 0.3 is 5.97 Å². The van der Waals surface area contributed by atoms with Crippen molar-refractivity contribution in [3.63, 3.8) is 0 Å². The van der Waals surface area contributed by atoms with Crippen LogP contribution in [0.2, 0.25) is 5.02 Å². The number of carboxylic acids is 1. The van der Waals surface area contributed by atoms with Crippen LogP contribution in [0.25, 0.3) is 11.8 Å². The van der Waals surface area contributed by atoms with Crippen molar-refractivity contribution in [2.24, 2.45) is 0 Å². The van der Waals surface area contributed by atoms with Gasteiger partial charge in [0.05, 0.1) is 4.91 Å². The molecular weight excluding hydrogens is 380 g/mol. The molecular formula is C17H13ClN2O3S2. The number of rotatable bonds is 4. The molecule has 1 aliphatic heterocycles.